The second kappa shape index (κ2) is 5.27. The summed E-state index contributed by atoms with van der Waals surface area (Å²) in [7, 11) is -1.51. The van der Waals surface area contributed by atoms with Crippen LogP contribution in [0.4, 0.5) is 10.8 Å². The second-order valence-electron chi connectivity index (χ2n) is 5.16. The van der Waals surface area contributed by atoms with E-state index in [4.69, 9.17) is 5.73 Å². The highest BCUT2D eigenvalue weighted by atomic mass is 32.2. The molecule has 1 saturated carbocycles. The van der Waals surface area contributed by atoms with E-state index >= 15 is 0 Å². The van der Waals surface area contributed by atoms with Gasteiger partial charge in [0.25, 0.3) is 0 Å². The Morgan fingerprint density at radius 2 is 2.05 bits per heavy atom. The predicted molar refractivity (Wildman–Crippen MR) is 83.1 cm³/mol. The Morgan fingerprint density at radius 1 is 1.38 bits per heavy atom. The van der Waals surface area contributed by atoms with Crippen LogP contribution in [0.5, 0.6) is 0 Å². The largest absolute Gasteiger partial charge is 0.382 e. The number of hydrogen-bond donors (Lipinski definition) is 1. The minimum Gasteiger partial charge on any atom is -0.382 e. The van der Waals surface area contributed by atoms with Gasteiger partial charge in [-0.1, -0.05) is 0 Å². The summed E-state index contributed by atoms with van der Waals surface area (Å²) in [6.07, 6.45) is 4.86. The van der Waals surface area contributed by atoms with Crippen molar-refractivity contribution in [2.45, 2.75) is 29.5 Å². The predicted octanol–water partition coefficient (Wildman–Crippen LogP) is 1.69. The van der Waals surface area contributed by atoms with Crippen LogP contribution in [-0.4, -0.2) is 30.1 Å². The van der Waals surface area contributed by atoms with Crippen molar-refractivity contribution in [2.75, 3.05) is 17.7 Å². The normalized spacial score (nSPS) is 15.1. The van der Waals surface area contributed by atoms with Crippen LogP contribution in [0.25, 0.3) is 0 Å². The van der Waals surface area contributed by atoms with Gasteiger partial charge in [0.1, 0.15) is 9.90 Å². The molecule has 0 saturated heterocycles. The Labute approximate surface area is 127 Å². The highest BCUT2D eigenvalue weighted by Crippen LogP contribution is 2.42. The number of anilines is 2. The van der Waals surface area contributed by atoms with Crippen LogP contribution in [-0.2, 0) is 16.4 Å². The molecule has 0 radical (unpaired) electrons. The van der Waals surface area contributed by atoms with Gasteiger partial charge in [-0.05, 0) is 42.1 Å². The van der Waals surface area contributed by atoms with Gasteiger partial charge in [0.15, 0.2) is 15.7 Å². The average Bonchev–Trinajstić information content (AvgIpc) is 3.23. The maximum atomic E-state index is 12.5. The minimum atomic E-state index is -3.35. The first-order valence-electron chi connectivity index (χ1n) is 6.59. The van der Waals surface area contributed by atoms with Crippen LogP contribution in [0.3, 0.4) is 0 Å². The minimum absolute atomic E-state index is 0.114. The average molecular weight is 324 g/mol. The molecule has 6 nitrogen and oxygen atoms in total. The molecule has 1 fully saturated rings. The Hall–Kier alpha value is -1.67. The molecule has 0 atom stereocenters. The fourth-order valence-corrected chi connectivity index (χ4v) is 5.19. The molecule has 0 aromatic carbocycles. The van der Waals surface area contributed by atoms with Crippen LogP contribution in [0.15, 0.2) is 29.4 Å². The number of nitrogen functional groups attached to an aromatic ring is 1. The van der Waals surface area contributed by atoms with Crippen molar-refractivity contribution >= 4 is 32.2 Å². The van der Waals surface area contributed by atoms with E-state index in [1.165, 1.54) is 0 Å². The molecule has 0 bridgehead atoms. The Morgan fingerprint density at radius 3 is 2.67 bits per heavy atom. The van der Waals surface area contributed by atoms with Gasteiger partial charge >= 0.3 is 0 Å². The van der Waals surface area contributed by atoms with E-state index in [0.29, 0.717) is 24.4 Å². The van der Waals surface area contributed by atoms with Gasteiger partial charge in [-0.15, -0.1) is 0 Å². The lowest BCUT2D eigenvalue weighted by Gasteiger charge is -2.18. The lowest BCUT2D eigenvalue weighted by Crippen LogP contribution is -2.19. The van der Waals surface area contributed by atoms with Crippen molar-refractivity contribution in [3.63, 3.8) is 0 Å². The molecule has 2 N–H and O–H groups in total. The number of nitrogens with two attached hydrogens (primary N) is 1. The molecule has 0 aliphatic heterocycles. The van der Waals surface area contributed by atoms with Gasteiger partial charge < -0.3 is 10.6 Å². The van der Waals surface area contributed by atoms with Gasteiger partial charge in [-0.2, -0.15) is 4.37 Å². The molecule has 0 amide bonds. The molecule has 2 heterocycles. The summed E-state index contributed by atoms with van der Waals surface area (Å²) in [5, 5.41) is 0.320. The molecular formula is C13H16N4O2S2. The number of hydrogen-bond acceptors (Lipinski definition) is 7. The standard InChI is InChI=1S/C13H16N4O2S2/c1-17(8-9-4-6-15-7-5-9)13-11(12(14)16-20-13)21(18,19)10-2-3-10/h4-7,10H,2-3,8H2,1H3,(H2,14,16). The summed E-state index contributed by atoms with van der Waals surface area (Å²) in [4.78, 5) is 6.05. The highest BCUT2D eigenvalue weighted by Gasteiger charge is 2.41. The fourth-order valence-electron chi connectivity index (χ4n) is 2.17. The van der Waals surface area contributed by atoms with E-state index < -0.39 is 9.84 Å². The quantitative estimate of drug-likeness (QED) is 0.900. The molecule has 1 aliphatic rings. The Kier molecular flexibility index (Phi) is 3.58. The number of pyridine rings is 1. The second-order valence-corrected chi connectivity index (χ2v) is 8.07. The van der Waals surface area contributed by atoms with Gasteiger partial charge in [0, 0.05) is 26.0 Å². The van der Waals surface area contributed by atoms with E-state index in [9.17, 15) is 8.42 Å². The molecule has 2 aromatic rings. The molecule has 0 spiro atoms. The zero-order valence-electron chi connectivity index (χ0n) is 11.6. The van der Waals surface area contributed by atoms with E-state index in [2.05, 4.69) is 9.36 Å². The lowest BCUT2D eigenvalue weighted by molar-refractivity contribution is 0.595. The number of rotatable bonds is 5. The summed E-state index contributed by atoms with van der Waals surface area (Å²) in [6.45, 7) is 0.581. The van der Waals surface area contributed by atoms with E-state index in [1.807, 2.05) is 24.1 Å². The van der Waals surface area contributed by atoms with Crippen molar-refractivity contribution in [2.24, 2.45) is 0 Å². The smallest absolute Gasteiger partial charge is 0.187 e. The van der Waals surface area contributed by atoms with Crippen LogP contribution in [0, 0.1) is 0 Å². The number of nitrogens with zero attached hydrogens (tertiary/aromatic N) is 3. The zero-order chi connectivity index (χ0) is 15.0. The fraction of sp³-hybridized carbons (Fsp3) is 0.385. The molecule has 21 heavy (non-hydrogen) atoms. The summed E-state index contributed by atoms with van der Waals surface area (Å²) in [5.41, 5.74) is 6.86. The van der Waals surface area contributed by atoms with Crippen LogP contribution in [0.2, 0.25) is 0 Å². The first-order chi connectivity index (χ1) is 10.00. The number of aromatic nitrogens is 2. The molecule has 8 heteroatoms. The van der Waals surface area contributed by atoms with E-state index in [0.717, 1.165) is 17.1 Å². The van der Waals surface area contributed by atoms with Crippen molar-refractivity contribution in [3.05, 3.63) is 30.1 Å². The highest BCUT2D eigenvalue weighted by molar-refractivity contribution is 7.92. The third-order valence-corrected chi connectivity index (χ3v) is 6.85. The first-order valence-corrected chi connectivity index (χ1v) is 8.91. The lowest BCUT2D eigenvalue weighted by atomic mass is 10.2. The zero-order valence-corrected chi connectivity index (χ0v) is 13.2. The Bertz CT molecular complexity index is 739. The maximum Gasteiger partial charge on any atom is 0.187 e. The third-order valence-electron chi connectivity index (χ3n) is 3.42. The third kappa shape index (κ3) is 2.73. The van der Waals surface area contributed by atoms with Crippen LogP contribution < -0.4 is 10.6 Å². The SMILES string of the molecule is CN(Cc1ccncc1)c1snc(N)c1S(=O)(=O)C1CC1. The summed E-state index contributed by atoms with van der Waals surface area (Å²) in [5.74, 6) is 0.114. The first kappa shape index (κ1) is 14.3. The molecule has 0 unspecified atom stereocenters. The monoisotopic (exact) mass is 324 g/mol. The van der Waals surface area contributed by atoms with Gasteiger partial charge in [-0.25, -0.2) is 8.42 Å². The molecule has 1 aliphatic carbocycles. The van der Waals surface area contributed by atoms with Crippen molar-refractivity contribution in [1.29, 1.82) is 0 Å². The van der Waals surface area contributed by atoms with Crippen LogP contribution in [0.1, 0.15) is 18.4 Å². The number of sulfone groups is 1. The summed E-state index contributed by atoms with van der Waals surface area (Å²) in [6, 6.07) is 3.80. The van der Waals surface area contributed by atoms with Gasteiger partial charge in [0.2, 0.25) is 0 Å². The molecule has 3 rings (SSSR count). The van der Waals surface area contributed by atoms with Gasteiger partial charge in [-0.3, -0.25) is 4.98 Å². The van der Waals surface area contributed by atoms with Crippen molar-refractivity contribution in [3.8, 4) is 0 Å². The molecule has 112 valence electrons. The van der Waals surface area contributed by atoms with Gasteiger partial charge in [0.05, 0.1) is 5.25 Å². The van der Waals surface area contributed by atoms with E-state index in [-0.39, 0.29) is 16.0 Å². The molecule has 2 aromatic heterocycles. The topological polar surface area (TPSA) is 89.2 Å². The van der Waals surface area contributed by atoms with Crippen molar-refractivity contribution in [1.82, 2.24) is 9.36 Å². The van der Waals surface area contributed by atoms with E-state index in [1.54, 1.807) is 12.4 Å². The summed E-state index contributed by atoms with van der Waals surface area (Å²) >= 11 is 1.13. The van der Waals surface area contributed by atoms with Crippen LogP contribution >= 0.6 is 11.5 Å². The maximum absolute atomic E-state index is 12.5. The summed E-state index contributed by atoms with van der Waals surface area (Å²) < 4.78 is 29.1. The molecular weight excluding hydrogens is 308 g/mol. The Balaban J connectivity index is 1.92. The van der Waals surface area contributed by atoms with Crippen molar-refractivity contribution < 1.29 is 8.42 Å².